The number of benzene rings is 1. The van der Waals surface area contributed by atoms with Crippen molar-refractivity contribution in [2.24, 2.45) is 5.92 Å². The Morgan fingerprint density at radius 2 is 2.00 bits per heavy atom. The second-order valence-corrected chi connectivity index (χ2v) is 5.55. The van der Waals surface area contributed by atoms with Gasteiger partial charge in [0, 0.05) is 13.1 Å². The molecular weight excluding hydrogens is 254 g/mol. The first-order valence-corrected chi connectivity index (χ1v) is 7.16. The van der Waals surface area contributed by atoms with Crippen LogP contribution in [0.25, 0.3) is 0 Å². The Bertz CT molecular complexity index is 520. The van der Waals surface area contributed by atoms with Crippen LogP contribution in [-0.2, 0) is 0 Å². The third-order valence-electron chi connectivity index (χ3n) is 3.59. The standard InChI is InChI=1S/C16H21NO3/c1-3-8-17(10-12-5-6-12)15(18)13-7-4-11(2)9-14(13)16(19)20/h4,7,9,12H,3,5-6,8,10H2,1-2H3,(H,19,20). The number of carbonyl (C=O) groups excluding carboxylic acids is 1. The molecule has 0 atom stereocenters. The lowest BCUT2D eigenvalue weighted by atomic mass is 10.0. The van der Waals surface area contributed by atoms with Gasteiger partial charge in [0.1, 0.15) is 0 Å². The number of nitrogens with zero attached hydrogens (tertiary/aromatic N) is 1. The minimum atomic E-state index is -1.04. The summed E-state index contributed by atoms with van der Waals surface area (Å²) in [6.07, 6.45) is 3.23. The van der Waals surface area contributed by atoms with Crippen molar-refractivity contribution < 1.29 is 14.7 Å². The van der Waals surface area contributed by atoms with E-state index in [2.05, 4.69) is 0 Å². The molecule has 108 valence electrons. The van der Waals surface area contributed by atoms with Crippen LogP contribution in [0, 0.1) is 12.8 Å². The van der Waals surface area contributed by atoms with Gasteiger partial charge in [0.15, 0.2) is 0 Å². The highest BCUT2D eigenvalue weighted by Gasteiger charge is 2.28. The summed E-state index contributed by atoms with van der Waals surface area (Å²) in [5.74, 6) is -0.597. The number of aromatic carboxylic acids is 1. The van der Waals surface area contributed by atoms with Crippen LogP contribution < -0.4 is 0 Å². The SMILES string of the molecule is CCCN(CC1CC1)C(=O)c1ccc(C)cc1C(=O)O. The van der Waals surface area contributed by atoms with E-state index in [0.29, 0.717) is 18.0 Å². The molecule has 0 heterocycles. The summed E-state index contributed by atoms with van der Waals surface area (Å²) in [6.45, 7) is 5.29. The number of carboxylic acids is 1. The van der Waals surface area contributed by atoms with Gasteiger partial charge in [-0.2, -0.15) is 0 Å². The zero-order valence-corrected chi connectivity index (χ0v) is 12.1. The molecule has 1 aromatic carbocycles. The molecule has 2 rings (SSSR count). The van der Waals surface area contributed by atoms with Crippen molar-refractivity contribution in [2.75, 3.05) is 13.1 Å². The summed E-state index contributed by atoms with van der Waals surface area (Å²) < 4.78 is 0. The van der Waals surface area contributed by atoms with Crippen LogP contribution in [-0.4, -0.2) is 35.0 Å². The van der Waals surface area contributed by atoms with Gasteiger partial charge in [-0.1, -0.05) is 18.6 Å². The molecule has 1 N–H and O–H groups in total. The molecule has 0 aliphatic heterocycles. The Kier molecular flexibility index (Phi) is 4.42. The van der Waals surface area contributed by atoms with Crippen molar-refractivity contribution in [3.63, 3.8) is 0 Å². The van der Waals surface area contributed by atoms with Crippen LogP contribution in [0.1, 0.15) is 52.5 Å². The molecule has 0 radical (unpaired) electrons. The average Bonchev–Trinajstić information content (AvgIpc) is 3.21. The fourth-order valence-corrected chi connectivity index (χ4v) is 2.35. The highest BCUT2D eigenvalue weighted by Crippen LogP contribution is 2.30. The molecular formula is C16H21NO3. The van der Waals surface area contributed by atoms with Gasteiger partial charge < -0.3 is 10.0 Å². The molecule has 0 aromatic heterocycles. The maximum atomic E-state index is 12.6. The molecule has 4 nitrogen and oxygen atoms in total. The second kappa shape index (κ2) is 6.07. The van der Waals surface area contributed by atoms with Crippen molar-refractivity contribution >= 4 is 11.9 Å². The molecule has 0 bridgehead atoms. The van der Waals surface area contributed by atoms with Gasteiger partial charge >= 0.3 is 5.97 Å². The summed E-state index contributed by atoms with van der Waals surface area (Å²) in [6, 6.07) is 4.99. The van der Waals surface area contributed by atoms with Crippen molar-refractivity contribution in [1.29, 1.82) is 0 Å². The molecule has 1 aromatic rings. The smallest absolute Gasteiger partial charge is 0.336 e. The van der Waals surface area contributed by atoms with Crippen LogP contribution >= 0.6 is 0 Å². The summed E-state index contributed by atoms with van der Waals surface area (Å²) in [4.78, 5) is 25.7. The number of carboxylic acid groups (broad SMARTS) is 1. The van der Waals surface area contributed by atoms with Gasteiger partial charge in [-0.05, 0) is 44.2 Å². The first-order valence-electron chi connectivity index (χ1n) is 7.16. The van der Waals surface area contributed by atoms with E-state index in [9.17, 15) is 14.7 Å². The average molecular weight is 275 g/mol. The predicted molar refractivity (Wildman–Crippen MR) is 77.1 cm³/mol. The quantitative estimate of drug-likeness (QED) is 0.868. The maximum absolute atomic E-state index is 12.6. The number of hydrogen-bond acceptors (Lipinski definition) is 2. The molecule has 1 aliphatic rings. The molecule has 1 aliphatic carbocycles. The highest BCUT2D eigenvalue weighted by atomic mass is 16.4. The molecule has 0 unspecified atom stereocenters. The molecule has 1 saturated carbocycles. The molecule has 20 heavy (non-hydrogen) atoms. The van der Waals surface area contributed by atoms with Gasteiger partial charge in [0.25, 0.3) is 5.91 Å². The van der Waals surface area contributed by atoms with Crippen LogP contribution in [0.3, 0.4) is 0 Å². The third kappa shape index (κ3) is 3.38. The van der Waals surface area contributed by atoms with E-state index in [4.69, 9.17) is 0 Å². The number of amides is 1. The van der Waals surface area contributed by atoms with E-state index in [-0.39, 0.29) is 11.5 Å². The fourth-order valence-electron chi connectivity index (χ4n) is 2.35. The van der Waals surface area contributed by atoms with Crippen LogP contribution in [0.2, 0.25) is 0 Å². The number of hydrogen-bond donors (Lipinski definition) is 1. The largest absolute Gasteiger partial charge is 0.478 e. The van der Waals surface area contributed by atoms with Gasteiger partial charge in [-0.25, -0.2) is 4.79 Å². The molecule has 0 saturated heterocycles. The van der Waals surface area contributed by atoms with Gasteiger partial charge in [-0.3, -0.25) is 4.79 Å². The van der Waals surface area contributed by atoms with Crippen LogP contribution in [0.4, 0.5) is 0 Å². The summed E-state index contributed by atoms with van der Waals surface area (Å²) in [5.41, 5.74) is 1.26. The Morgan fingerprint density at radius 3 is 2.55 bits per heavy atom. The first-order chi connectivity index (χ1) is 9.52. The zero-order valence-electron chi connectivity index (χ0n) is 12.1. The number of aryl methyl sites for hydroxylation is 1. The minimum Gasteiger partial charge on any atom is -0.478 e. The fraction of sp³-hybridized carbons (Fsp3) is 0.500. The summed E-state index contributed by atoms with van der Waals surface area (Å²) in [7, 11) is 0. The van der Waals surface area contributed by atoms with Crippen LogP contribution in [0.5, 0.6) is 0 Å². The Morgan fingerprint density at radius 1 is 1.30 bits per heavy atom. The predicted octanol–water partition coefficient (Wildman–Crippen LogP) is 2.96. The van der Waals surface area contributed by atoms with Crippen molar-refractivity contribution in [2.45, 2.75) is 33.1 Å². The van der Waals surface area contributed by atoms with E-state index in [1.165, 1.54) is 12.8 Å². The van der Waals surface area contributed by atoms with Crippen molar-refractivity contribution in [3.8, 4) is 0 Å². The van der Waals surface area contributed by atoms with Crippen molar-refractivity contribution in [1.82, 2.24) is 4.90 Å². The Hall–Kier alpha value is -1.84. The summed E-state index contributed by atoms with van der Waals surface area (Å²) in [5, 5.41) is 9.27. The minimum absolute atomic E-state index is 0.104. The lowest BCUT2D eigenvalue weighted by molar-refractivity contribution is 0.0673. The van der Waals surface area contributed by atoms with Crippen LogP contribution in [0.15, 0.2) is 18.2 Å². The topological polar surface area (TPSA) is 57.6 Å². The molecule has 4 heteroatoms. The number of rotatable bonds is 6. The first kappa shape index (κ1) is 14.6. The van der Waals surface area contributed by atoms with E-state index < -0.39 is 5.97 Å². The Balaban J connectivity index is 2.27. The lowest BCUT2D eigenvalue weighted by Gasteiger charge is -2.23. The van der Waals surface area contributed by atoms with E-state index in [0.717, 1.165) is 18.5 Å². The van der Waals surface area contributed by atoms with E-state index >= 15 is 0 Å². The molecule has 0 spiro atoms. The molecule has 1 fully saturated rings. The molecule has 1 amide bonds. The highest BCUT2D eigenvalue weighted by molar-refractivity contribution is 6.04. The zero-order chi connectivity index (χ0) is 14.7. The van der Waals surface area contributed by atoms with Gasteiger partial charge in [-0.15, -0.1) is 0 Å². The second-order valence-electron chi connectivity index (χ2n) is 5.55. The number of carbonyl (C=O) groups is 2. The van der Waals surface area contributed by atoms with Gasteiger partial charge in [0.05, 0.1) is 11.1 Å². The van der Waals surface area contributed by atoms with Gasteiger partial charge in [0.2, 0.25) is 0 Å². The Labute approximate surface area is 119 Å². The third-order valence-corrected chi connectivity index (χ3v) is 3.59. The van der Waals surface area contributed by atoms with Crippen molar-refractivity contribution in [3.05, 3.63) is 34.9 Å². The maximum Gasteiger partial charge on any atom is 0.336 e. The summed E-state index contributed by atoms with van der Waals surface area (Å²) >= 11 is 0. The lowest BCUT2D eigenvalue weighted by Crippen LogP contribution is -2.34. The normalized spacial score (nSPS) is 14.1. The van der Waals surface area contributed by atoms with E-state index in [1.54, 1.807) is 23.1 Å². The van der Waals surface area contributed by atoms with E-state index in [1.807, 2.05) is 13.8 Å². The monoisotopic (exact) mass is 275 g/mol.